The Bertz CT molecular complexity index is 718. The van der Waals surface area contributed by atoms with Gasteiger partial charge in [0.05, 0.1) is 0 Å². The molecule has 1 unspecified atom stereocenters. The maximum absolute atomic E-state index is 12.4. The Morgan fingerprint density at radius 1 is 1.26 bits per heavy atom. The average molecular weight is 386 g/mol. The summed E-state index contributed by atoms with van der Waals surface area (Å²) in [6, 6.07) is 2.39. The number of sulfonamides is 1. The molecule has 0 aromatic carbocycles. The minimum atomic E-state index is -3.83. The topological polar surface area (TPSA) is 119 Å². The summed E-state index contributed by atoms with van der Waals surface area (Å²) >= 11 is 0. The molecule has 1 atom stereocenters. The second-order valence-electron chi connectivity index (χ2n) is 6.07. The van der Waals surface area contributed by atoms with Gasteiger partial charge in [0.15, 0.2) is 14.9 Å². The highest BCUT2D eigenvalue weighted by atomic mass is 35.5. The van der Waals surface area contributed by atoms with Crippen LogP contribution in [-0.2, 0) is 19.9 Å². The first kappa shape index (κ1) is 22.3. The van der Waals surface area contributed by atoms with Crippen molar-refractivity contribution in [2.45, 2.75) is 42.7 Å². The van der Waals surface area contributed by atoms with E-state index in [4.69, 9.17) is 5.73 Å². The third-order valence-electron chi connectivity index (χ3n) is 3.09. The number of nitrogens with one attached hydrogen (secondary N) is 1. The molecule has 0 aliphatic carbocycles. The van der Waals surface area contributed by atoms with Crippen LogP contribution in [0.3, 0.4) is 0 Å². The maximum Gasteiger partial charge on any atom is 0.242 e. The Balaban J connectivity index is 0.00000484. The number of hydrogen-bond donors (Lipinski definition) is 2. The van der Waals surface area contributed by atoms with E-state index in [2.05, 4.69) is 9.71 Å². The van der Waals surface area contributed by atoms with Gasteiger partial charge in [0, 0.05) is 24.5 Å². The van der Waals surface area contributed by atoms with Crippen LogP contribution in [0.5, 0.6) is 0 Å². The maximum atomic E-state index is 12.4. The highest BCUT2D eigenvalue weighted by molar-refractivity contribution is 7.90. The Kier molecular flexibility index (Phi) is 7.63. The molecular weight excluding hydrogens is 362 g/mol. The zero-order chi connectivity index (χ0) is 17.2. The molecule has 23 heavy (non-hydrogen) atoms. The smallest absolute Gasteiger partial charge is 0.242 e. The first-order valence-electron chi connectivity index (χ1n) is 6.80. The second kappa shape index (κ2) is 7.89. The van der Waals surface area contributed by atoms with Crippen molar-refractivity contribution in [2.75, 3.05) is 12.8 Å². The summed E-state index contributed by atoms with van der Waals surface area (Å²) in [6.07, 6.45) is 2.62. The fraction of sp³-hybridized carbons (Fsp3) is 0.615. The quantitative estimate of drug-likeness (QED) is 0.721. The summed E-state index contributed by atoms with van der Waals surface area (Å²) in [7, 11) is -7.29. The van der Waals surface area contributed by atoms with Gasteiger partial charge in [-0.05, 0) is 31.4 Å². The van der Waals surface area contributed by atoms with Gasteiger partial charge in [0.2, 0.25) is 10.0 Å². The Hall–Kier alpha value is -0.740. The van der Waals surface area contributed by atoms with Crippen LogP contribution in [0.25, 0.3) is 0 Å². The number of pyridine rings is 1. The number of nitrogens with two attached hydrogens (primary N) is 1. The molecule has 3 N–H and O–H groups in total. The minimum Gasteiger partial charge on any atom is -0.329 e. The van der Waals surface area contributed by atoms with E-state index in [-0.39, 0.29) is 34.8 Å². The third-order valence-corrected chi connectivity index (χ3v) is 5.71. The van der Waals surface area contributed by atoms with Crippen molar-refractivity contribution in [3.05, 3.63) is 18.3 Å². The van der Waals surface area contributed by atoms with E-state index in [0.717, 1.165) is 12.5 Å². The fourth-order valence-corrected chi connectivity index (χ4v) is 4.13. The van der Waals surface area contributed by atoms with Crippen molar-refractivity contribution in [1.29, 1.82) is 0 Å². The molecule has 1 aromatic rings. The lowest BCUT2D eigenvalue weighted by Gasteiger charge is -2.30. The van der Waals surface area contributed by atoms with Crippen molar-refractivity contribution >= 4 is 32.3 Å². The number of rotatable bonds is 7. The first-order chi connectivity index (χ1) is 9.89. The third kappa shape index (κ3) is 6.34. The van der Waals surface area contributed by atoms with Crippen molar-refractivity contribution in [3.63, 3.8) is 0 Å². The SMILES string of the molecule is CC(C)CC(C)(CN)NS(=O)(=O)c1ccc(S(C)(=O)=O)nc1.Cl. The fourth-order valence-electron chi connectivity index (χ4n) is 2.20. The van der Waals surface area contributed by atoms with Crippen LogP contribution in [0.15, 0.2) is 28.3 Å². The highest BCUT2D eigenvalue weighted by Crippen LogP contribution is 2.19. The van der Waals surface area contributed by atoms with Gasteiger partial charge in [-0.25, -0.2) is 26.5 Å². The lowest BCUT2D eigenvalue weighted by molar-refractivity contribution is 0.344. The zero-order valence-electron chi connectivity index (χ0n) is 13.6. The highest BCUT2D eigenvalue weighted by Gasteiger charge is 2.30. The van der Waals surface area contributed by atoms with Gasteiger partial charge in [0.1, 0.15) is 4.90 Å². The van der Waals surface area contributed by atoms with Crippen molar-refractivity contribution < 1.29 is 16.8 Å². The number of aromatic nitrogens is 1. The summed E-state index contributed by atoms with van der Waals surface area (Å²) in [5, 5.41) is -0.171. The minimum absolute atomic E-state index is 0. The lowest BCUT2D eigenvalue weighted by Crippen LogP contribution is -2.52. The second-order valence-corrected chi connectivity index (χ2v) is 9.72. The predicted molar refractivity (Wildman–Crippen MR) is 91.8 cm³/mol. The molecule has 10 heteroatoms. The summed E-state index contributed by atoms with van der Waals surface area (Å²) in [5.41, 5.74) is 4.92. The molecule has 7 nitrogen and oxygen atoms in total. The van der Waals surface area contributed by atoms with Crippen molar-refractivity contribution in [1.82, 2.24) is 9.71 Å². The van der Waals surface area contributed by atoms with Gasteiger partial charge in [0.25, 0.3) is 0 Å². The zero-order valence-corrected chi connectivity index (χ0v) is 16.1. The van der Waals surface area contributed by atoms with Crippen LogP contribution in [0.1, 0.15) is 27.2 Å². The summed E-state index contributed by atoms with van der Waals surface area (Å²) in [4.78, 5) is 3.60. The summed E-state index contributed by atoms with van der Waals surface area (Å²) in [5.74, 6) is 0.266. The van der Waals surface area contributed by atoms with Crippen LogP contribution in [0.2, 0.25) is 0 Å². The summed E-state index contributed by atoms with van der Waals surface area (Å²) in [6.45, 7) is 5.84. The molecule has 0 spiro atoms. The van der Waals surface area contributed by atoms with E-state index in [1.165, 1.54) is 12.1 Å². The molecule has 0 saturated heterocycles. The molecule has 0 aliphatic heterocycles. The van der Waals surface area contributed by atoms with E-state index < -0.39 is 25.4 Å². The van der Waals surface area contributed by atoms with Gasteiger partial charge in [-0.2, -0.15) is 0 Å². The molecule has 0 radical (unpaired) electrons. The van der Waals surface area contributed by atoms with E-state index in [1.54, 1.807) is 6.92 Å². The molecule has 134 valence electrons. The lowest BCUT2D eigenvalue weighted by atomic mass is 9.92. The van der Waals surface area contributed by atoms with Crippen LogP contribution >= 0.6 is 12.4 Å². The standard InChI is InChI=1S/C13H23N3O4S2.ClH/c1-10(2)7-13(3,9-14)16-22(19,20)11-5-6-12(15-8-11)21(4,17)18;/h5-6,8,10,16H,7,9,14H2,1-4H3;1H. The normalized spacial score (nSPS) is 15.0. The molecule has 0 saturated carbocycles. The van der Waals surface area contributed by atoms with Crippen LogP contribution < -0.4 is 10.5 Å². The predicted octanol–water partition coefficient (Wildman–Crippen LogP) is 0.949. The number of nitrogens with zero attached hydrogens (tertiary/aromatic N) is 1. The van der Waals surface area contributed by atoms with E-state index in [9.17, 15) is 16.8 Å². The Morgan fingerprint density at radius 3 is 2.17 bits per heavy atom. The molecular formula is C13H24ClN3O4S2. The number of sulfone groups is 1. The Morgan fingerprint density at radius 2 is 1.83 bits per heavy atom. The molecule has 0 fully saturated rings. The van der Waals surface area contributed by atoms with Crippen LogP contribution in [-0.4, -0.2) is 40.2 Å². The molecule has 0 bridgehead atoms. The number of halogens is 1. The molecule has 0 aliphatic rings. The van der Waals surface area contributed by atoms with Gasteiger partial charge in [-0.1, -0.05) is 13.8 Å². The summed E-state index contributed by atoms with van der Waals surface area (Å²) < 4.78 is 50.1. The van der Waals surface area contributed by atoms with E-state index >= 15 is 0 Å². The van der Waals surface area contributed by atoms with Crippen LogP contribution in [0, 0.1) is 5.92 Å². The van der Waals surface area contributed by atoms with Gasteiger partial charge < -0.3 is 5.73 Å². The van der Waals surface area contributed by atoms with E-state index in [1.807, 2.05) is 13.8 Å². The number of hydrogen-bond acceptors (Lipinski definition) is 6. The van der Waals surface area contributed by atoms with Gasteiger partial charge >= 0.3 is 0 Å². The van der Waals surface area contributed by atoms with Crippen molar-refractivity contribution in [3.8, 4) is 0 Å². The van der Waals surface area contributed by atoms with Crippen LogP contribution in [0.4, 0.5) is 0 Å². The first-order valence-corrected chi connectivity index (χ1v) is 10.2. The largest absolute Gasteiger partial charge is 0.329 e. The molecule has 1 heterocycles. The van der Waals surface area contributed by atoms with E-state index in [0.29, 0.717) is 6.42 Å². The van der Waals surface area contributed by atoms with Crippen molar-refractivity contribution in [2.24, 2.45) is 11.7 Å². The molecule has 0 amide bonds. The average Bonchev–Trinajstić information content (AvgIpc) is 2.36. The Labute approximate surface area is 144 Å². The van der Waals surface area contributed by atoms with Gasteiger partial charge in [-0.15, -0.1) is 12.4 Å². The monoisotopic (exact) mass is 385 g/mol. The molecule has 1 rings (SSSR count). The molecule has 1 aromatic heterocycles. The van der Waals surface area contributed by atoms with Gasteiger partial charge in [-0.3, -0.25) is 0 Å².